The van der Waals surface area contributed by atoms with Gasteiger partial charge in [-0.15, -0.1) is 11.3 Å². The molecule has 1 saturated heterocycles. The van der Waals surface area contributed by atoms with Crippen molar-refractivity contribution in [2.75, 3.05) is 18.4 Å². The maximum Gasteiger partial charge on any atom is 0.323 e. The normalized spacial score (nSPS) is 17.2. The highest BCUT2D eigenvalue weighted by molar-refractivity contribution is 7.15. The van der Waals surface area contributed by atoms with Crippen molar-refractivity contribution in [2.24, 2.45) is 5.92 Å². The second kappa shape index (κ2) is 8.05. The second-order valence-corrected chi connectivity index (χ2v) is 7.98. The number of carbonyl (C=O) groups is 2. The van der Waals surface area contributed by atoms with Gasteiger partial charge in [-0.25, -0.2) is 9.78 Å². The summed E-state index contributed by atoms with van der Waals surface area (Å²) in [6.07, 6.45) is 3.79. The second-order valence-electron chi connectivity index (χ2n) is 6.43. The average molecular weight is 394 g/mol. The van der Waals surface area contributed by atoms with Crippen LogP contribution in [0.2, 0.25) is 5.02 Å². The number of carbonyl (C=O) groups excluding carboxylic acids is 1. The van der Waals surface area contributed by atoms with Crippen LogP contribution in [0.3, 0.4) is 0 Å². The highest BCUT2D eigenvalue weighted by atomic mass is 35.5. The van der Waals surface area contributed by atoms with Crippen LogP contribution in [0.25, 0.3) is 0 Å². The number of benzene rings is 1. The van der Waals surface area contributed by atoms with E-state index in [4.69, 9.17) is 16.7 Å². The van der Waals surface area contributed by atoms with E-state index in [1.807, 2.05) is 25.1 Å². The molecule has 3 rings (SSSR count). The molecule has 1 aliphatic heterocycles. The molecule has 1 aromatic carbocycles. The van der Waals surface area contributed by atoms with E-state index in [-0.39, 0.29) is 12.6 Å². The molecule has 0 saturated carbocycles. The molecule has 1 aliphatic rings. The third-order valence-corrected chi connectivity index (χ3v) is 5.64. The molecule has 1 atom stereocenters. The SMILES string of the molecule is Cc1cc(Cl)ccc1Cc1cnc(NC(=O)N2CCCC(C(=O)O)C2)s1. The lowest BCUT2D eigenvalue weighted by Gasteiger charge is -2.30. The van der Waals surface area contributed by atoms with Gasteiger partial charge in [0.05, 0.1) is 5.92 Å². The molecule has 26 heavy (non-hydrogen) atoms. The number of halogens is 1. The Hall–Kier alpha value is -2.12. The molecule has 1 fully saturated rings. The van der Waals surface area contributed by atoms with Crippen LogP contribution in [0.15, 0.2) is 24.4 Å². The summed E-state index contributed by atoms with van der Waals surface area (Å²) in [6.45, 7) is 2.82. The number of aryl methyl sites for hydroxylation is 1. The van der Waals surface area contributed by atoms with E-state index in [1.54, 1.807) is 11.1 Å². The Morgan fingerprint density at radius 3 is 3.00 bits per heavy atom. The molecule has 8 heteroatoms. The predicted molar refractivity (Wildman–Crippen MR) is 102 cm³/mol. The number of rotatable bonds is 4. The average Bonchev–Trinajstić information content (AvgIpc) is 3.04. The first-order chi connectivity index (χ1) is 12.4. The molecule has 1 unspecified atom stereocenters. The lowest BCUT2D eigenvalue weighted by Crippen LogP contribution is -2.44. The van der Waals surface area contributed by atoms with Crippen molar-refractivity contribution in [3.63, 3.8) is 0 Å². The van der Waals surface area contributed by atoms with Crippen LogP contribution in [0.5, 0.6) is 0 Å². The van der Waals surface area contributed by atoms with Gasteiger partial charge in [0.2, 0.25) is 0 Å². The van der Waals surface area contributed by atoms with Gasteiger partial charge in [-0.2, -0.15) is 0 Å². The Kier molecular flexibility index (Phi) is 5.78. The number of carboxylic acid groups (broad SMARTS) is 1. The number of nitrogens with zero attached hydrogens (tertiary/aromatic N) is 2. The molecule has 138 valence electrons. The van der Waals surface area contributed by atoms with Gasteiger partial charge < -0.3 is 10.0 Å². The van der Waals surface area contributed by atoms with Gasteiger partial charge in [0.1, 0.15) is 0 Å². The third-order valence-electron chi connectivity index (χ3n) is 4.49. The maximum absolute atomic E-state index is 12.4. The number of anilines is 1. The predicted octanol–water partition coefficient (Wildman–Crippen LogP) is 4.02. The number of nitrogens with one attached hydrogen (secondary N) is 1. The van der Waals surface area contributed by atoms with Gasteiger partial charge in [0.15, 0.2) is 5.13 Å². The number of thiazole rings is 1. The summed E-state index contributed by atoms with van der Waals surface area (Å²) in [5.41, 5.74) is 2.28. The lowest BCUT2D eigenvalue weighted by molar-refractivity contribution is -0.143. The Bertz CT molecular complexity index is 824. The minimum Gasteiger partial charge on any atom is -0.481 e. The molecule has 0 bridgehead atoms. The first-order valence-corrected chi connectivity index (χ1v) is 9.60. The molecule has 6 nitrogen and oxygen atoms in total. The molecule has 2 aromatic rings. The van der Waals surface area contributed by atoms with Crippen molar-refractivity contribution in [3.05, 3.63) is 45.4 Å². The first kappa shape index (κ1) is 18.7. The Morgan fingerprint density at radius 2 is 2.27 bits per heavy atom. The number of amides is 2. The van der Waals surface area contributed by atoms with E-state index < -0.39 is 11.9 Å². The van der Waals surface area contributed by atoms with Crippen LogP contribution in [-0.4, -0.2) is 40.1 Å². The van der Waals surface area contributed by atoms with Gasteiger partial charge in [-0.05, 0) is 43.0 Å². The summed E-state index contributed by atoms with van der Waals surface area (Å²) in [5.74, 6) is -1.34. The van der Waals surface area contributed by atoms with Gasteiger partial charge in [-0.3, -0.25) is 10.1 Å². The highest BCUT2D eigenvalue weighted by Crippen LogP contribution is 2.25. The summed E-state index contributed by atoms with van der Waals surface area (Å²) in [5, 5.41) is 13.1. The van der Waals surface area contributed by atoms with E-state index in [0.717, 1.165) is 22.4 Å². The zero-order valence-corrected chi connectivity index (χ0v) is 15.9. The molecule has 2 heterocycles. The number of urea groups is 1. The number of hydrogen-bond donors (Lipinski definition) is 2. The third kappa shape index (κ3) is 4.53. The minimum absolute atomic E-state index is 0.239. The van der Waals surface area contributed by atoms with Crippen LogP contribution in [0, 0.1) is 12.8 Å². The first-order valence-electron chi connectivity index (χ1n) is 8.41. The maximum atomic E-state index is 12.4. The standard InChI is InChI=1S/C18H20ClN3O3S/c1-11-7-14(19)5-4-12(11)8-15-9-20-17(26-15)21-18(25)22-6-2-3-13(10-22)16(23)24/h4-5,7,9,13H,2-3,6,8,10H2,1H3,(H,23,24)(H,20,21,25). The van der Waals surface area contributed by atoms with Gasteiger partial charge in [0.25, 0.3) is 0 Å². The topological polar surface area (TPSA) is 82.5 Å². The van der Waals surface area contributed by atoms with Gasteiger partial charge in [0, 0.05) is 35.6 Å². The quantitative estimate of drug-likeness (QED) is 0.821. The van der Waals surface area contributed by atoms with Gasteiger partial charge in [-0.1, -0.05) is 17.7 Å². The van der Waals surface area contributed by atoms with E-state index in [1.165, 1.54) is 11.3 Å². The number of aromatic nitrogens is 1. The van der Waals surface area contributed by atoms with Crippen molar-refractivity contribution < 1.29 is 14.7 Å². The summed E-state index contributed by atoms with van der Waals surface area (Å²) in [7, 11) is 0. The van der Waals surface area contributed by atoms with E-state index in [9.17, 15) is 9.59 Å². The number of hydrogen-bond acceptors (Lipinski definition) is 4. The summed E-state index contributed by atoms with van der Waals surface area (Å²) in [4.78, 5) is 30.3. The summed E-state index contributed by atoms with van der Waals surface area (Å²) in [6, 6.07) is 5.49. The lowest BCUT2D eigenvalue weighted by atomic mass is 9.99. The van der Waals surface area contributed by atoms with E-state index in [0.29, 0.717) is 29.5 Å². The van der Waals surface area contributed by atoms with Crippen LogP contribution in [0.1, 0.15) is 28.8 Å². The van der Waals surface area contributed by atoms with Crippen molar-refractivity contribution in [1.29, 1.82) is 0 Å². The van der Waals surface area contributed by atoms with E-state index >= 15 is 0 Å². The number of likely N-dealkylation sites (tertiary alicyclic amines) is 1. The number of aliphatic carboxylic acids is 1. The van der Waals surface area contributed by atoms with Crippen molar-refractivity contribution in [1.82, 2.24) is 9.88 Å². The number of piperidine rings is 1. The zero-order chi connectivity index (χ0) is 18.7. The molecule has 0 spiro atoms. The van der Waals surface area contributed by atoms with Crippen LogP contribution < -0.4 is 5.32 Å². The van der Waals surface area contributed by atoms with Crippen LogP contribution in [-0.2, 0) is 11.2 Å². The molecule has 1 aromatic heterocycles. The monoisotopic (exact) mass is 393 g/mol. The number of carboxylic acids is 1. The summed E-state index contributed by atoms with van der Waals surface area (Å²) >= 11 is 7.41. The molecule has 0 radical (unpaired) electrons. The fourth-order valence-corrected chi connectivity index (χ4v) is 4.08. The molecule has 2 N–H and O–H groups in total. The molecule has 0 aliphatic carbocycles. The van der Waals surface area contributed by atoms with Crippen molar-refractivity contribution in [3.8, 4) is 0 Å². The van der Waals surface area contributed by atoms with Crippen LogP contribution >= 0.6 is 22.9 Å². The Labute approximate surface area is 160 Å². The van der Waals surface area contributed by atoms with Gasteiger partial charge >= 0.3 is 12.0 Å². The summed E-state index contributed by atoms with van der Waals surface area (Å²) < 4.78 is 0. The Balaban J connectivity index is 1.61. The molecular formula is C18H20ClN3O3S. The molecule has 2 amide bonds. The van der Waals surface area contributed by atoms with E-state index in [2.05, 4.69) is 10.3 Å². The highest BCUT2D eigenvalue weighted by Gasteiger charge is 2.28. The smallest absolute Gasteiger partial charge is 0.323 e. The fraction of sp³-hybridized carbons (Fsp3) is 0.389. The fourth-order valence-electron chi connectivity index (χ4n) is 3.03. The Morgan fingerprint density at radius 1 is 1.46 bits per heavy atom. The van der Waals surface area contributed by atoms with Crippen molar-refractivity contribution >= 4 is 40.1 Å². The van der Waals surface area contributed by atoms with Crippen LogP contribution in [0.4, 0.5) is 9.93 Å². The largest absolute Gasteiger partial charge is 0.481 e. The minimum atomic E-state index is -0.850. The zero-order valence-electron chi connectivity index (χ0n) is 14.4. The molecular weight excluding hydrogens is 374 g/mol. The van der Waals surface area contributed by atoms with Crippen molar-refractivity contribution in [2.45, 2.75) is 26.2 Å².